The minimum absolute atomic E-state index is 0.0382. The van der Waals surface area contributed by atoms with E-state index in [9.17, 15) is 10.1 Å². The van der Waals surface area contributed by atoms with Crippen LogP contribution in [-0.4, -0.2) is 44.4 Å². The number of ether oxygens (including phenoxy) is 1. The topological polar surface area (TPSA) is 92.0 Å². The van der Waals surface area contributed by atoms with E-state index in [1.165, 1.54) is 11.3 Å². The van der Waals surface area contributed by atoms with Gasteiger partial charge in [0.15, 0.2) is 5.82 Å². The van der Waals surface area contributed by atoms with Gasteiger partial charge >= 0.3 is 0 Å². The third-order valence-electron chi connectivity index (χ3n) is 5.32. The number of carbonyl (C=O) groups excluding carboxylic acids is 1. The molecule has 1 fully saturated rings. The van der Waals surface area contributed by atoms with E-state index >= 15 is 0 Å². The van der Waals surface area contributed by atoms with Gasteiger partial charge in [-0.3, -0.25) is 4.79 Å². The number of rotatable bonds is 4. The van der Waals surface area contributed by atoms with Gasteiger partial charge in [0.25, 0.3) is 5.91 Å². The zero-order valence-electron chi connectivity index (χ0n) is 16.8. The van der Waals surface area contributed by atoms with Gasteiger partial charge in [0, 0.05) is 35.8 Å². The molecule has 1 saturated heterocycles. The highest BCUT2D eigenvalue weighted by molar-refractivity contribution is 7.12. The van der Waals surface area contributed by atoms with E-state index in [4.69, 9.17) is 4.74 Å². The predicted octanol–water partition coefficient (Wildman–Crippen LogP) is 3.85. The van der Waals surface area contributed by atoms with Gasteiger partial charge in [-0.2, -0.15) is 5.26 Å². The number of aromatic nitrogens is 3. The first-order valence-corrected chi connectivity index (χ1v) is 10.6. The van der Waals surface area contributed by atoms with Crippen molar-refractivity contribution in [3.63, 3.8) is 0 Å². The molecule has 0 saturated carbocycles. The number of thiophene rings is 1. The van der Waals surface area contributed by atoms with Crippen LogP contribution in [0.4, 0.5) is 0 Å². The molecule has 0 unspecified atom stereocenters. The summed E-state index contributed by atoms with van der Waals surface area (Å²) in [6, 6.07) is 7.56. The van der Waals surface area contributed by atoms with Crippen molar-refractivity contribution in [3.8, 4) is 23.3 Å². The molecular weight excluding hydrogens is 398 g/mol. The molecule has 0 radical (unpaired) electrons. The van der Waals surface area contributed by atoms with E-state index < -0.39 is 0 Å². The molecule has 0 N–H and O–H groups in total. The smallest absolute Gasteiger partial charge is 0.265 e. The third kappa shape index (κ3) is 3.89. The van der Waals surface area contributed by atoms with E-state index in [-0.39, 0.29) is 18.1 Å². The lowest BCUT2D eigenvalue weighted by atomic mass is 10.0. The average molecular weight is 420 g/mol. The molecule has 0 spiro atoms. The number of nitrogens with zero attached hydrogens (tertiary/aromatic N) is 5. The van der Waals surface area contributed by atoms with Gasteiger partial charge in [0.05, 0.1) is 18.2 Å². The van der Waals surface area contributed by atoms with Gasteiger partial charge in [-0.05, 0) is 50.3 Å². The molecule has 3 aromatic rings. The Morgan fingerprint density at radius 3 is 2.80 bits per heavy atom. The standard InChI is InChI=1S/C22H21N5O2S/c1-14-4-5-17(29-21-15(2)16(12-23)6-10-26-21)13-27(14)22(28)19-18(7-11-30-19)20-24-8-3-9-25-20/h3,6-11,14,17H,4-5,13H2,1-2H3/t14-,17-/m1/s1. The largest absolute Gasteiger partial charge is 0.472 e. The van der Waals surface area contributed by atoms with Gasteiger partial charge in [-0.25, -0.2) is 15.0 Å². The molecule has 2 atom stereocenters. The van der Waals surface area contributed by atoms with Crippen molar-refractivity contribution in [2.75, 3.05) is 6.54 Å². The molecule has 4 rings (SSSR count). The molecule has 7 nitrogen and oxygen atoms in total. The van der Waals surface area contributed by atoms with Crippen molar-refractivity contribution < 1.29 is 9.53 Å². The fraction of sp³-hybridized carbons (Fsp3) is 0.318. The lowest BCUT2D eigenvalue weighted by molar-refractivity contribution is 0.0375. The summed E-state index contributed by atoms with van der Waals surface area (Å²) in [5, 5.41) is 11.1. The van der Waals surface area contributed by atoms with Gasteiger partial charge in [0.2, 0.25) is 5.88 Å². The van der Waals surface area contributed by atoms with Crippen LogP contribution in [0, 0.1) is 18.3 Å². The van der Waals surface area contributed by atoms with Crippen molar-refractivity contribution in [2.45, 2.75) is 38.8 Å². The van der Waals surface area contributed by atoms with E-state index in [2.05, 4.69) is 27.9 Å². The Labute approximate surface area is 179 Å². The summed E-state index contributed by atoms with van der Waals surface area (Å²) in [5.41, 5.74) is 2.02. The molecule has 1 aliphatic rings. The van der Waals surface area contributed by atoms with Crippen LogP contribution in [0.1, 0.15) is 40.6 Å². The Bertz CT molecular complexity index is 1090. The number of likely N-dealkylation sites (tertiary alicyclic amines) is 1. The molecule has 8 heteroatoms. The quantitative estimate of drug-likeness (QED) is 0.638. The number of hydrogen-bond donors (Lipinski definition) is 0. The number of piperidine rings is 1. The first-order chi connectivity index (χ1) is 14.6. The maximum Gasteiger partial charge on any atom is 0.265 e. The number of amides is 1. The number of pyridine rings is 1. The molecule has 30 heavy (non-hydrogen) atoms. The summed E-state index contributed by atoms with van der Waals surface area (Å²) in [6.07, 6.45) is 6.39. The molecule has 4 heterocycles. The SMILES string of the molecule is Cc1c(C#N)ccnc1O[C@@H]1CC[C@@H](C)N(C(=O)c2sccc2-c2ncccn2)C1. The van der Waals surface area contributed by atoms with Crippen molar-refractivity contribution >= 4 is 17.2 Å². The fourth-order valence-corrected chi connectivity index (χ4v) is 4.43. The van der Waals surface area contributed by atoms with E-state index in [1.54, 1.807) is 30.7 Å². The average Bonchev–Trinajstić information content (AvgIpc) is 3.26. The Hall–Kier alpha value is -3.31. The van der Waals surface area contributed by atoms with Crippen LogP contribution in [0.3, 0.4) is 0 Å². The Morgan fingerprint density at radius 1 is 1.23 bits per heavy atom. The van der Waals surface area contributed by atoms with Crippen molar-refractivity contribution in [3.05, 3.63) is 58.2 Å². The van der Waals surface area contributed by atoms with Crippen LogP contribution in [0.15, 0.2) is 42.2 Å². The van der Waals surface area contributed by atoms with Gasteiger partial charge in [-0.15, -0.1) is 11.3 Å². The van der Waals surface area contributed by atoms with E-state index in [1.807, 2.05) is 23.3 Å². The van der Waals surface area contributed by atoms with Crippen LogP contribution in [-0.2, 0) is 0 Å². The van der Waals surface area contributed by atoms with Gasteiger partial charge < -0.3 is 9.64 Å². The molecule has 0 aromatic carbocycles. The highest BCUT2D eigenvalue weighted by Crippen LogP contribution is 2.30. The van der Waals surface area contributed by atoms with Crippen LogP contribution < -0.4 is 4.74 Å². The minimum Gasteiger partial charge on any atom is -0.472 e. The lowest BCUT2D eigenvalue weighted by Crippen LogP contribution is -2.49. The summed E-state index contributed by atoms with van der Waals surface area (Å²) < 4.78 is 6.11. The van der Waals surface area contributed by atoms with Crippen LogP contribution in [0.2, 0.25) is 0 Å². The van der Waals surface area contributed by atoms with Crippen molar-refractivity contribution in [1.29, 1.82) is 5.26 Å². The second-order valence-electron chi connectivity index (χ2n) is 7.26. The zero-order valence-corrected chi connectivity index (χ0v) is 17.6. The fourth-order valence-electron chi connectivity index (χ4n) is 3.59. The summed E-state index contributed by atoms with van der Waals surface area (Å²) >= 11 is 1.40. The third-order valence-corrected chi connectivity index (χ3v) is 6.22. The number of nitriles is 1. The summed E-state index contributed by atoms with van der Waals surface area (Å²) in [6.45, 7) is 4.35. The summed E-state index contributed by atoms with van der Waals surface area (Å²) in [7, 11) is 0. The molecule has 1 aliphatic heterocycles. The van der Waals surface area contributed by atoms with Crippen molar-refractivity contribution in [2.24, 2.45) is 0 Å². The van der Waals surface area contributed by atoms with Gasteiger partial charge in [-0.1, -0.05) is 0 Å². The summed E-state index contributed by atoms with van der Waals surface area (Å²) in [4.78, 5) is 28.8. The number of carbonyl (C=O) groups is 1. The summed E-state index contributed by atoms with van der Waals surface area (Å²) in [5.74, 6) is 0.965. The van der Waals surface area contributed by atoms with Gasteiger partial charge in [0.1, 0.15) is 11.0 Å². The minimum atomic E-state index is -0.179. The Kier molecular flexibility index (Phi) is 5.72. The first-order valence-electron chi connectivity index (χ1n) is 9.76. The molecule has 3 aromatic heterocycles. The number of hydrogen-bond acceptors (Lipinski definition) is 7. The Morgan fingerprint density at radius 2 is 2.03 bits per heavy atom. The molecular formula is C22H21N5O2S. The highest BCUT2D eigenvalue weighted by atomic mass is 32.1. The van der Waals surface area contributed by atoms with Crippen LogP contribution in [0.25, 0.3) is 11.4 Å². The molecule has 152 valence electrons. The molecule has 0 bridgehead atoms. The highest BCUT2D eigenvalue weighted by Gasteiger charge is 2.33. The predicted molar refractivity (Wildman–Crippen MR) is 113 cm³/mol. The van der Waals surface area contributed by atoms with Crippen LogP contribution >= 0.6 is 11.3 Å². The zero-order chi connectivity index (χ0) is 21.1. The van der Waals surface area contributed by atoms with E-state index in [0.717, 1.165) is 24.0 Å². The molecule has 1 amide bonds. The van der Waals surface area contributed by atoms with Crippen molar-refractivity contribution in [1.82, 2.24) is 19.9 Å². The monoisotopic (exact) mass is 419 g/mol. The normalized spacial score (nSPS) is 18.6. The second-order valence-corrected chi connectivity index (χ2v) is 8.18. The van der Waals surface area contributed by atoms with Crippen LogP contribution in [0.5, 0.6) is 5.88 Å². The maximum absolute atomic E-state index is 13.4. The molecule has 0 aliphatic carbocycles. The van der Waals surface area contributed by atoms with E-state index in [0.29, 0.717) is 28.7 Å². The Balaban J connectivity index is 1.55. The lowest BCUT2D eigenvalue weighted by Gasteiger charge is -2.37. The second kappa shape index (κ2) is 8.59. The maximum atomic E-state index is 13.4. The first kappa shape index (κ1) is 20.0.